The monoisotopic (exact) mass is 377 g/mol. The van der Waals surface area contributed by atoms with E-state index in [9.17, 15) is 0 Å². The zero-order valence-corrected chi connectivity index (χ0v) is 15.4. The minimum atomic E-state index is 0.130. The Labute approximate surface area is 143 Å². The van der Waals surface area contributed by atoms with E-state index in [1.54, 1.807) is 0 Å². The minimum absolute atomic E-state index is 0.130. The van der Waals surface area contributed by atoms with Crippen LogP contribution in [0.15, 0.2) is 26.6 Å². The van der Waals surface area contributed by atoms with E-state index in [0.29, 0.717) is 18.3 Å². The Morgan fingerprint density at radius 1 is 1.30 bits per heavy atom. The quantitative estimate of drug-likeness (QED) is 0.798. The van der Waals surface area contributed by atoms with Crippen LogP contribution in [0.2, 0.25) is 0 Å². The van der Waals surface area contributed by atoms with Crippen LogP contribution in [0.5, 0.6) is 5.75 Å². The van der Waals surface area contributed by atoms with Crippen LogP contribution in [-0.2, 0) is 6.54 Å². The van der Waals surface area contributed by atoms with Crippen molar-refractivity contribution in [2.75, 3.05) is 6.54 Å². The van der Waals surface area contributed by atoms with Gasteiger partial charge in [0.15, 0.2) is 0 Å². The first-order valence-corrected chi connectivity index (χ1v) is 8.41. The topological polar surface area (TPSA) is 64.7 Å². The van der Waals surface area contributed by atoms with Crippen molar-refractivity contribution in [2.45, 2.75) is 40.7 Å². The molecule has 0 unspecified atom stereocenters. The maximum atomic E-state index is 5.81. The number of fused-ring (bicyclic) bond motifs is 1. The highest BCUT2D eigenvalue weighted by atomic mass is 79.9. The van der Waals surface area contributed by atoms with Crippen LogP contribution < -0.4 is 4.74 Å². The normalized spacial score (nSPS) is 15.5. The van der Waals surface area contributed by atoms with Crippen LogP contribution in [0.3, 0.4) is 0 Å². The third-order valence-electron chi connectivity index (χ3n) is 3.42. The maximum absolute atomic E-state index is 5.81. The Balaban J connectivity index is 1.92. The predicted molar refractivity (Wildman–Crippen MR) is 95.3 cm³/mol. The summed E-state index contributed by atoms with van der Waals surface area (Å²) < 4.78 is 8.51. The van der Waals surface area contributed by atoms with Gasteiger partial charge in [-0.1, -0.05) is 26.0 Å². The molecule has 1 aromatic heterocycles. The average Bonchev–Trinajstić information content (AvgIpc) is 2.84. The molecule has 0 aliphatic carbocycles. The number of hydrogen-bond donors (Lipinski definition) is 0. The molecule has 0 amide bonds. The number of aromatic nitrogens is 3. The lowest BCUT2D eigenvalue weighted by atomic mass is 9.97. The molecule has 2 aromatic rings. The predicted octanol–water partition coefficient (Wildman–Crippen LogP) is 3.84. The molecule has 0 bridgehead atoms. The second-order valence-corrected chi connectivity index (χ2v) is 7.71. The fourth-order valence-electron chi connectivity index (χ4n) is 2.35. The standard InChI is InChI=1S/C16H20BrN5O/c1-10-7-8-18-15(19-10)23-12-6-5-11-14(13(12)17)20-21-22(11)9-16(2,3)4/h5-6H,7-9H2,1-4H3. The lowest BCUT2D eigenvalue weighted by Gasteiger charge is -2.18. The van der Waals surface area contributed by atoms with Gasteiger partial charge in [-0.25, -0.2) is 14.7 Å². The van der Waals surface area contributed by atoms with E-state index in [2.05, 4.69) is 57.0 Å². The molecule has 0 radical (unpaired) electrons. The van der Waals surface area contributed by atoms with Gasteiger partial charge in [-0.05, 0) is 40.4 Å². The van der Waals surface area contributed by atoms with Crippen LogP contribution in [0.4, 0.5) is 0 Å². The number of amidine groups is 1. The highest BCUT2D eigenvalue weighted by Gasteiger charge is 2.18. The highest BCUT2D eigenvalue weighted by Crippen LogP contribution is 2.33. The molecule has 1 aliphatic heterocycles. The number of rotatable bonds is 2. The van der Waals surface area contributed by atoms with Crippen molar-refractivity contribution in [1.82, 2.24) is 15.0 Å². The summed E-state index contributed by atoms with van der Waals surface area (Å²) in [4.78, 5) is 8.63. The number of halogens is 1. The molecular weight excluding hydrogens is 358 g/mol. The molecule has 23 heavy (non-hydrogen) atoms. The summed E-state index contributed by atoms with van der Waals surface area (Å²) in [5, 5.41) is 8.55. The molecule has 0 atom stereocenters. The van der Waals surface area contributed by atoms with Gasteiger partial charge in [0.05, 0.1) is 9.99 Å². The lowest BCUT2D eigenvalue weighted by molar-refractivity contribution is 0.327. The van der Waals surface area contributed by atoms with E-state index in [1.165, 1.54) is 0 Å². The third-order valence-corrected chi connectivity index (χ3v) is 4.19. The molecule has 0 saturated carbocycles. The van der Waals surface area contributed by atoms with Gasteiger partial charge < -0.3 is 4.74 Å². The van der Waals surface area contributed by atoms with Crippen molar-refractivity contribution in [3.8, 4) is 5.75 Å². The average molecular weight is 378 g/mol. The number of hydrogen-bond acceptors (Lipinski definition) is 5. The van der Waals surface area contributed by atoms with Crippen LogP contribution in [0, 0.1) is 5.41 Å². The smallest absolute Gasteiger partial charge is 0.317 e. The van der Waals surface area contributed by atoms with Crippen molar-refractivity contribution >= 4 is 38.7 Å². The molecule has 2 heterocycles. The van der Waals surface area contributed by atoms with Crippen molar-refractivity contribution in [3.05, 3.63) is 16.6 Å². The number of benzene rings is 1. The summed E-state index contributed by atoms with van der Waals surface area (Å²) in [5.41, 5.74) is 2.92. The van der Waals surface area contributed by atoms with Gasteiger partial charge in [-0.15, -0.1) is 5.10 Å². The van der Waals surface area contributed by atoms with Crippen molar-refractivity contribution < 1.29 is 4.74 Å². The SMILES string of the molecule is CC1=NC(Oc2ccc3c(nnn3CC(C)(C)C)c2Br)=NCC1. The lowest BCUT2D eigenvalue weighted by Crippen LogP contribution is -2.16. The van der Waals surface area contributed by atoms with Crippen molar-refractivity contribution in [3.63, 3.8) is 0 Å². The fraction of sp³-hybridized carbons (Fsp3) is 0.500. The summed E-state index contributed by atoms with van der Waals surface area (Å²) >= 11 is 3.57. The first-order chi connectivity index (χ1) is 10.8. The molecule has 0 fully saturated rings. The molecule has 0 spiro atoms. The Bertz CT molecular complexity index is 801. The van der Waals surface area contributed by atoms with E-state index < -0.39 is 0 Å². The molecule has 0 saturated heterocycles. The van der Waals surface area contributed by atoms with Gasteiger partial charge in [0.25, 0.3) is 0 Å². The summed E-state index contributed by atoms with van der Waals surface area (Å²) in [6.45, 7) is 10.0. The van der Waals surface area contributed by atoms with Gasteiger partial charge >= 0.3 is 6.02 Å². The van der Waals surface area contributed by atoms with Gasteiger partial charge in [0, 0.05) is 25.2 Å². The molecule has 6 nitrogen and oxygen atoms in total. The fourth-order valence-corrected chi connectivity index (χ4v) is 2.85. The van der Waals surface area contributed by atoms with Crippen LogP contribution in [0.1, 0.15) is 34.1 Å². The van der Waals surface area contributed by atoms with E-state index in [-0.39, 0.29) is 5.41 Å². The number of nitrogens with zero attached hydrogens (tertiary/aromatic N) is 5. The van der Waals surface area contributed by atoms with E-state index >= 15 is 0 Å². The van der Waals surface area contributed by atoms with E-state index in [0.717, 1.165) is 34.2 Å². The van der Waals surface area contributed by atoms with Crippen LogP contribution >= 0.6 is 15.9 Å². The first-order valence-electron chi connectivity index (χ1n) is 7.62. The Hall–Kier alpha value is -1.76. The van der Waals surface area contributed by atoms with Crippen LogP contribution in [-0.4, -0.2) is 33.3 Å². The summed E-state index contributed by atoms with van der Waals surface area (Å²) in [5.74, 6) is 0.650. The van der Waals surface area contributed by atoms with Gasteiger partial charge in [0.1, 0.15) is 11.3 Å². The summed E-state index contributed by atoms with van der Waals surface area (Å²) in [6.07, 6.45) is 0.883. The molecular formula is C16H20BrN5O. The van der Waals surface area contributed by atoms with Gasteiger partial charge in [-0.2, -0.15) is 0 Å². The summed E-state index contributed by atoms with van der Waals surface area (Å²) in [7, 11) is 0. The molecule has 3 rings (SSSR count). The molecule has 1 aliphatic rings. The van der Waals surface area contributed by atoms with E-state index in [4.69, 9.17) is 4.74 Å². The van der Waals surface area contributed by atoms with Gasteiger partial charge in [-0.3, -0.25) is 0 Å². The minimum Gasteiger partial charge on any atom is -0.423 e. The maximum Gasteiger partial charge on any atom is 0.317 e. The highest BCUT2D eigenvalue weighted by molar-refractivity contribution is 9.10. The van der Waals surface area contributed by atoms with Crippen LogP contribution in [0.25, 0.3) is 11.0 Å². The Morgan fingerprint density at radius 2 is 2.09 bits per heavy atom. The Kier molecular flexibility index (Phi) is 4.23. The second-order valence-electron chi connectivity index (χ2n) is 6.92. The zero-order chi connectivity index (χ0) is 16.6. The molecule has 122 valence electrons. The zero-order valence-electron chi connectivity index (χ0n) is 13.8. The Morgan fingerprint density at radius 3 is 2.78 bits per heavy atom. The van der Waals surface area contributed by atoms with Gasteiger partial charge in [0.2, 0.25) is 0 Å². The summed E-state index contributed by atoms with van der Waals surface area (Å²) in [6, 6.07) is 4.27. The number of aliphatic imine (C=N–C) groups is 2. The van der Waals surface area contributed by atoms with E-state index in [1.807, 2.05) is 23.7 Å². The van der Waals surface area contributed by atoms with Crippen molar-refractivity contribution in [2.24, 2.45) is 15.4 Å². The number of ether oxygens (including phenoxy) is 1. The molecule has 1 aromatic carbocycles. The molecule has 7 heteroatoms. The first kappa shape index (κ1) is 16.1. The largest absolute Gasteiger partial charge is 0.423 e. The third kappa shape index (κ3) is 3.60. The van der Waals surface area contributed by atoms with Crippen molar-refractivity contribution in [1.29, 1.82) is 0 Å². The second kappa shape index (κ2) is 6.03. The molecule has 0 N–H and O–H groups in total.